The van der Waals surface area contributed by atoms with Crippen LogP contribution >= 0.6 is 0 Å². The summed E-state index contributed by atoms with van der Waals surface area (Å²) in [6, 6.07) is 3.08. The van der Waals surface area contributed by atoms with Crippen LogP contribution in [-0.2, 0) is 23.0 Å². The maximum Gasteiger partial charge on any atom is 0.242 e. The zero-order valence-electron chi connectivity index (χ0n) is 13.0. The van der Waals surface area contributed by atoms with Crippen molar-refractivity contribution in [2.75, 3.05) is 13.2 Å². The van der Waals surface area contributed by atoms with Crippen molar-refractivity contribution in [1.82, 2.24) is 19.3 Å². The highest BCUT2D eigenvalue weighted by Gasteiger charge is 2.22. The van der Waals surface area contributed by atoms with E-state index in [0.717, 1.165) is 25.2 Å². The van der Waals surface area contributed by atoms with Crippen molar-refractivity contribution in [2.45, 2.75) is 31.2 Å². The summed E-state index contributed by atoms with van der Waals surface area (Å²) in [5.41, 5.74) is 0. The number of aromatic nitrogens is 3. The molecule has 0 saturated carbocycles. The van der Waals surface area contributed by atoms with Crippen LogP contribution in [0.4, 0.5) is 0 Å². The van der Waals surface area contributed by atoms with E-state index in [1.807, 2.05) is 13.1 Å². The number of nitrogens with one attached hydrogen (secondary N) is 1. The van der Waals surface area contributed by atoms with Crippen molar-refractivity contribution in [3.05, 3.63) is 36.5 Å². The van der Waals surface area contributed by atoms with E-state index in [4.69, 9.17) is 4.74 Å². The number of fused-ring (bicyclic) bond motifs is 1. The molecule has 1 atom stereocenters. The van der Waals surface area contributed by atoms with Gasteiger partial charge >= 0.3 is 0 Å². The molecule has 3 heterocycles. The zero-order chi connectivity index (χ0) is 16.3. The van der Waals surface area contributed by atoms with E-state index in [1.54, 1.807) is 12.3 Å². The van der Waals surface area contributed by atoms with Gasteiger partial charge in [0, 0.05) is 38.0 Å². The van der Waals surface area contributed by atoms with Crippen LogP contribution in [0.5, 0.6) is 5.88 Å². The minimum absolute atomic E-state index is 0.153. The number of hydrogen-bond acceptors (Lipinski definition) is 5. The molecule has 0 unspecified atom stereocenters. The van der Waals surface area contributed by atoms with Crippen LogP contribution in [0, 0.1) is 5.92 Å². The monoisotopic (exact) mass is 336 g/mol. The number of rotatable bonds is 6. The first-order valence-electron chi connectivity index (χ1n) is 7.67. The molecular weight excluding hydrogens is 316 g/mol. The van der Waals surface area contributed by atoms with Crippen LogP contribution in [0.1, 0.15) is 19.2 Å². The van der Waals surface area contributed by atoms with Crippen molar-refractivity contribution in [3.63, 3.8) is 0 Å². The minimum atomic E-state index is -3.55. The smallest absolute Gasteiger partial charge is 0.242 e. The van der Waals surface area contributed by atoms with Gasteiger partial charge in [-0.25, -0.2) is 23.1 Å². The molecule has 1 N–H and O–H groups in total. The molecule has 0 aliphatic carbocycles. The van der Waals surface area contributed by atoms with Gasteiger partial charge in [-0.1, -0.05) is 0 Å². The van der Waals surface area contributed by atoms with Gasteiger partial charge in [-0.15, -0.1) is 0 Å². The number of sulfonamides is 1. The van der Waals surface area contributed by atoms with E-state index in [1.165, 1.54) is 12.3 Å². The van der Waals surface area contributed by atoms with E-state index in [0.29, 0.717) is 19.0 Å². The predicted molar refractivity (Wildman–Crippen MR) is 84.6 cm³/mol. The summed E-state index contributed by atoms with van der Waals surface area (Å²) in [5.74, 6) is 1.76. The molecule has 23 heavy (non-hydrogen) atoms. The summed E-state index contributed by atoms with van der Waals surface area (Å²) in [6.07, 6.45) is 6.85. The second-order valence-corrected chi connectivity index (χ2v) is 7.28. The van der Waals surface area contributed by atoms with E-state index < -0.39 is 10.0 Å². The molecule has 0 saturated heterocycles. The van der Waals surface area contributed by atoms with Gasteiger partial charge in [0.25, 0.3) is 0 Å². The van der Waals surface area contributed by atoms with Gasteiger partial charge in [0.2, 0.25) is 15.9 Å². The number of nitrogens with zero attached hydrogens (tertiary/aromatic N) is 3. The number of imidazole rings is 1. The van der Waals surface area contributed by atoms with Gasteiger partial charge in [0.05, 0.1) is 12.8 Å². The van der Waals surface area contributed by atoms with E-state index >= 15 is 0 Å². The SMILES string of the molecule is CCOc1ccc(S(=O)(=O)NC[C@@H]2CCc3nccn3C2)cn1. The van der Waals surface area contributed by atoms with Crippen molar-refractivity contribution < 1.29 is 13.2 Å². The maximum absolute atomic E-state index is 12.3. The Balaban J connectivity index is 1.60. The van der Waals surface area contributed by atoms with Crippen molar-refractivity contribution >= 4 is 10.0 Å². The molecule has 0 aromatic carbocycles. The van der Waals surface area contributed by atoms with Gasteiger partial charge in [0.15, 0.2) is 0 Å². The molecule has 3 rings (SSSR count). The lowest BCUT2D eigenvalue weighted by molar-refractivity contribution is 0.326. The highest BCUT2D eigenvalue weighted by molar-refractivity contribution is 7.89. The molecule has 1 aliphatic rings. The molecule has 124 valence electrons. The number of aryl methyl sites for hydroxylation is 1. The Morgan fingerprint density at radius 2 is 2.26 bits per heavy atom. The second kappa shape index (κ2) is 6.67. The van der Waals surface area contributed by atoms with Crippen LogP contribution in [0.15, 0.2) is 35.6 Å². The molecule has 0 radical (unpaired) electrons. The largest absolute Gasteiger partial charge is 0.478 e. The van der Waals surface area contributed by atoms with Crippen LogP contribution in [-0.4, -0.2) is 36.1 Å². The summed E-state index contributed by atoms with van der Waals surface area (Å²) >= 11 is 0. The van der Waals surface area contributed by atoms with Crippen LogP contribution in [0.25, 0.3) is 0 Å². The van der Waals surface area contributed by atoms with Gasteiger partial charge < -0.3 is 9.30 Å². The lowest BCUT2D eigenvalue weighted by Gasteiger charge is -2.23. The minimum Gasteiger partial charge on any atom is -0.478 e. The molecule has 1 aliphatic heterocycles. The van der Waals surface area contributed by atoms with Gasteiger partial charge in [-0.05, 0) is 25.3 Å². The molecule has 2 aromatic rings. The molecular formula is C15H20N4O3S. The van der Waals surface area contributed by atoms with E-state index in [2.05, 4.69) is 19.3 Å². The van der Waals surface area contributed by atoms with E-state index in [9.17, 15) is 8.42 Å². The summed E-state index contributed by atoms with van der Waals surface area (Å²) in [4.78, 5) is 8.43. The second-order valence-electron chi connectivity index (χ2n) is 5.52. The summed E-state index contributed by atoms with van der Waals surface area (Å²) in [5, 5.41) is 0. The molecule has 0 amide bonds. The molecule has 7 nitrogen and oxygen atoms in total. The van der Waals surface area contributed by atoms with Crippen LogP contribution in [0.3, 0.4) is 0 Å². The van der Waals surface area contributed by atoms with E-state index in [-0.39, 0.29) is 10.8 Å². The fourth-order valence-corrected chi connectivity index (χ4v) is 3.73. The third kappa shape index (κ3) is 3.70. The highest BCUT2D eigenvalue weighted by Crippen LogP contribution is 2.19. The average molecular weight is 336 g/mol. The first kappa shape index (κ1) is 15.9. The summed E-state index contributed by atoms with van der Waals surface area (Å²) < 4.78 is 34.6. The Labute approximate surface area is 135 Å². The number of pyridine rings is 1. The standard InChI is InChI=1S/C15H20N4O3S/c1-2-22-15-6-4-13(10-17-15)23(20,21)18-9-12-3-5-14-16-7-8-19(14)11-12/h4,6-8,10,12,18H,2-3,5,9,11H2,1H3/t12-/m0/s1. The van der Waals surface area contributed by atoms with Crippen LogP contribution in [0.2, 0.25) is 0 Å². The highest BCUT2D eigenvalue weighted by atomic mass is 32.2. The number of hydrogen-bond donors (Lipinski definition) is 1. The third-order valence-electron chi connectivity index (χ3n) is 3.91. The van der Waals surface area contributed by atoms with Crippen LogP contribution < -0.4 is 9.46 Å². The predicted octanol–water partition coefficient (Wildman–Crippen LogP) is 1.22. The molecule has 2 aromatic heterocycles. The Bertz CT molecular complexity index is 755. The molecule has 0 bridgehead atoms. The molecule has 0 fully saturated rings. The van der Waals surface area contributed by atoms with Crippen molar-refractivity contribution in [3.8, 4) is 5.88 Å². The lowest BCUT2D eigenvalue weighted by atomic mass is 10.00. The van der Waals surface area contributed by atoms with Gasteiger partial charge in [-0.3, -0.25) is 0 Å². The zero-order valence-corrected chi connectivity index (χ0v) is 13.8. The Morgan fingerprint density at radius 1 is 1.39 bits per heavy atom. The lowest BCUT2D eigenvalue weighted by Crippen LogP contribution is -2.33. The first-order valence-corrected chi connectivity index (χ1v) is 9.15. The Kier molecular flexibility index (Phi) is 4.63. The summed E-state index contributed by atoms with van der Waals surface area (Å²) in [6.45, 7) is 3.55. The topological polar surface area (TPSA) is 86.1 Å². The maximum atomic E-state index is 12.3. The summed E-state index contributed by atoms with van der Waals surface area (Å²) in [7, 11) is -3.55. The first-order chi connectivity index (χ1) is 11.1. The van der Waals surface area contributed by atoms with Gasteiger partial charge in [0.1, 0.15) is 10.7 Å². The van der Waals surface area contributed by atoms with Crippen molar-refractivity contribution in [1.29, 1.82) is 0 Å². The number of ether oxygens (including phenoxy) is 1. The fourth-order valence-electron chi connectivity index (χ4n) is 2.67. The Hall–Kier alpha value is -1.93. The molecule has 8 heteroatoms. The van der Waals surface area contributed by atoms with Gasteiger partial charge in [-0.2, -0.15) is 0 Å². The quantitative estimate of drug-likeness (QED) is 0.857. The normalized spacial score (nSPS) is 17.7. The average Bonchev–Trinajstić information content (AvgIpc) is 3.01. The fraction of sp³-hybridized carbons (Fsp3) is 0.467. The van der Waals surface area contributed by atoms with Crippen molar-refractivity contribution in [2.24, 2.45) is 5.92 Å². The third-order valence-corrected chi connectivity index (χ3v) is 5.32. The molecule has 0 spiro atoms. The Morgan fingerprint density at radius 3 is 3.00 bits per heavy atom.